The van der Waals surface area contributed by atoms with E-state index in [0.717, 1.165) is 56.1 Å². The van der Waals surface area contributed by atoms with Crippen molar-refractivity contribution in [2.24, 2.45) is 4.99 Å². The van der Waals surface area contributed by atoms with Crippen LogP contribution < -0.4 is 10.2 Å². The number of halogens is 1. The van der Waals surface area contributed by atoms with E-state index in [-0.39, 0.29) is 5.82 Å². The van der Waals surface area contributed by atoms with Gasteiger partial charge in [-0.2, -0.15) is 0 Å². The molecule has 3 nitrogen and oxygen atoms in total. The van der Waals surface area contributed by atoms with E-state index in [1.807, 2.05) is 12.1 Å². The Hall–Kier alpha value is -1.58. The lowest BCUT2D eigenvalue weighted by Gasteiger charge is -2.18. The van der Waals surface area contributed by atoms with Gasteiger partial charge in [0.2, 0.25) is 0 Å². The van der Waals surface area contributed by atoms with Crippen molar-refractivity contribution >= 4 is 11.5 Å². The first-order valence-electron chi connectivity index (χ1n) is 6.18. The first kappa shape index (κ1) is 10.6. The van der Waals surface area contributed by atoms with Crippen LogP contribution in [0.25, 0.3) is 0 Å². The molecule has 0 radical (unpaired) electrons. The van der Waals surface area contributed by atoms with Crippen LogP contribution in [0.4, 0.5) is 10.1 Å². The molecule has 2 aliphatic heterocycles. The van der Waals surface area contributed by atoms with Crippen LogP contribution in [0.2, 0.25) is 0 Å². The van der Waals surface area contributed by atoms with Gasteiger partial charge in [0, 0.05) is 25.2 Å². The van der Waals surface area contributed by atoms with E-state index in [1.54, 1.807) is 6.07 Å². The van der Waals surface area contributed by atoms with E-state index in [1.165, 1.54) is 0 Å². The highest BCUT2D eigenvalue weighted by atomic mass is 19.1. The van der Waals surface area contributed by atoms with Gasteiger partial charge in [-0.25, -0.2) is 4.39 Å². The topological polar surface area (TPSA) is 27.6 Å². The lowest BCUT2D eigenvalue weighted by molar-refractivity contribution is 0.622. The maximum Gasteiger partial charge on any atom is 0.147 e. The summed E-state index contributed by atoms with van der Waals surface area (Å²) in [6.07, 6.45) is 2.32. The van der Waals surface area contributed by atoms with Crippen LogP contribution in [-0.2, 0) is 0 Å². The van der Waals surface area contributed by atoms with Gasteiger partial charge in [-0.3, -0.25) is 4.99 Å². The summed E-state index contributed by atoms with van der Waals surface area (Å²) < 4.78 is 14.0. The zero-order chi connectivity index (χ0) is 11.7. The van der Waals surface area contributed by atoms with Crippen molar-refractivity contribution in [2.75, 3.05) is 31.1 Å². The van der Waals surface area contributed by atoms with Crippen LogP contribution in [0.15, 0.2) is 23.2 Å². The quantitative estimate of drug-likeness (QED) is 0.843. The molecule has 0 amide bonds. The largest absolute Gasteiger partial charge is 0.369 e. The van der Waals surface area contributed by atoms with Gasteiger partial charge < -0.3 is 10.2 Å². The lowest BCUT2D eigenvalue weighted by Crippen LogP contribution is -2.21. The fourth-order valence-corrected chi connectivity index (χ4v) is 2.46. The van der Waals surface area contributed by atoms with Crippen molar-refractivity contribution in [1.29, 1.82) is 0 Å². The second-order valence-electron chi connectivity index (χ2n) is 4.52. The van der Waals surface area contributed by atoms with Gasteiger partial charge in [0.25, 0.3) is 0 Å². The maximum absolute atomic E-state index is 14.0. The number of rotatable bonds is 2. The van der Waals surface area contributed by atoms with Gasteiger partial charge in [-0.05, 0) is 31.0 Å². The first-order chi connectivity index (χ1) is 8.34. The smallest absolute Gasteiger partial charge is 0.147 e. The van der Waals surface area contributed by atoms with Gasteiger partial charge in [-0.1, -0.05) is 0 Å². The van der Waals surface area contributed by atoms with Gasteiger partial charge in [0.1, 0.15) is 11.7 Å². The molecule has 17 heavy (non-hydrogen) atoms. The summed E-state index contributed by atoms with van der Waals surface area (Å²) in [5.41, 5.74) is 1.58. The lowest BCUT2D eigenvalue weighted by atomic mass is 10.1. The molecule has 0 bridgehead atoms. The predicted molar refractivity (Wildman–Crippen MR) is 67.3 cm³/mol. The summed E-state index contributed by atoms with van der Waals surface area (Å²) in [4.78, 5) is 6.41. The normalized spacial score (nSPS) is 19.4. The van der Waals surface area contributed by atoms with Crippen LogP contribution in [0.1, 0.15) is 18.4 Å². The molecule has 0 spiro atoms. The van der Waals surface area contributed by atoms with Gasteiger partial charge in [0.15, 0.2) is 0 Å². The standard InChI is InChI=1S/C13H16FN3/c14-11-9-10(13-15-5-6-16-13)3-4-12(11)17-7-1-2-8-17/h3-4,9H,1-2,5-8H2,(H,15,16). The average molecular weight is 233 g/mol. The monoisotopic (exact) mass is 233 g/mol. The van der Waals surface area contributed by atoms with Gasteiger partial charge in [-0.15, -0.1) is 0 Å². The highest BCUT2D eigenvalue weighted by Crippen LogP contribution is 2.24. The minimum absolute atomic E-state index is 0.138. The third-order valence-electron chi connectivity index (χ3n) is 3.34. The number of aliphatic imine (C=N–C) groups is 1. The predicted octanol–water partition coefficient (Wildman–Crippen LogP) is 1.78. The summed E-state index contributed by atoms with van der Waals surface area (Å²) >= 11 is 0. The highest BCUT2D eigenvalue weighted by Gasteiger charge is 2.17. The second-order valence-corrected chi connectivity index (χ2v) is 4.52. The number of nitrogens with one attached hydrogen (secondary N) is 1. The molecule has 1 fully saturated rings. The molecule has 90 valence electrons. The van der Waals surface area contributed by atoms with Crippen LogP contribution in [0.3, 0.4) is 0 Å². The molecule has 0 atom stereocenters. The van der Waals surface area contributed by atoms with Crippen molar-refractivity contribution in [3.8, 4) is 0 Å². The van der Waals surface area contributed by atoms with E-state index in [9.17, 15) is 4.39 Å². The Morgan fingerprint density at radius 1 is 1.24 bits per heavy atom. The molecule has 0 aromatic heterocycles. The minimum atomic E-state index is -0.138. The van der Waals surface area contributed by atoms with Crippen molar-refractivity contribution in [2.45, 2.75) is 12.8 Å². The minimum Gasteiger partial charge on any atom is -0.369 e. The molecule has 1 N–H and O–H groups in total. The average Bonchev–Trinajstić information content (AvgIpc) is 3.02. The van der Waals surface area contributed by atoms with Crippen molar-refractivity contribution in [1.82, 2.24) is 5.32 Å². The van der Waals surface area contributed by atoms with Crippen LogP contribution in [-0.4, -0.2) is 32.0 Å². The number of hydrogen-bond acceptors (Lipinski definition) is 3. The van der Waals surface area contributed by atoms with E-state index in [2.05, 4.69) is 15.2 Å². The van der Waals surface area contributed by atoms with Crippen LogP contribution in [0, 0.1) is 5.82 Å². The van der Waals surface area contributed by atoms with Crippen molar-refractivity contribution < 1.29 is 4.39 Å². The molecule has 1 aromatic carbocycles. The first-order valence-corrected chi connectivity index (χ1v) is 6.18. The summed E-state index contributed by atoms with van der Waals surface area (Å²) in [6.45, 7) is 3.57. The van der Waals surface area contributed by atoms with E-state index < -0.39 is 0 Å². The van der Waals surface area contributed by atoms with Gasteiger partial charge in [0.05, 0.1) is 12.2 Å². The molecule has 0 aliphatic carbocycles. The second kappa shape index (κ2) is 4.35. The zero-order valence-corrected chi connectivity index (χ0v) is 9.75. The highest BCUT2D eigenvalue weighted by molar-refractivity contribution is 6.00. The Labute approximate surface area is 100 Å². The van der Waals surface area contributed by atoms with Crippen molar-refractivity contribution in [3.05, 3.63) is 29.6 Å². The van der Waals surface area contributed by atoms with E-state index in [4.69, 9.17) is 0 Å². The molecule has 4 heteroatoms. The molecule has 1 saturated heterocycles. The Kier molecular flexibility index (Phi) is 2.71. The molecule has 0 unspecified atom stereocenters. The summed E-state index contributed by atoms with van der Waals surface area (Å²) in [5, 5.41) is 3.16. The summed E-state index contributed by atoms with van der Waals surface area (Å²) in [6, 6.07) is 5.41. The van der Waals surface area contributed by atoms with Crippen LogP contribution in [0.5, 0.6) is 0 Å². The maximum atomic E-state index is 14.0. The number of hydrogen-bond donors (Lipinski definition) is 1. The number of nitrogens with zero attached hydrogens (tertiary/aromatic N) is 2. The Morgan fingerprint density at radius 2 is 2.06 bits per heavy atom. The fourth-order valence-electron chi connectivity index (χ4n) is 2.46. The Balaban J connectivity index is 1.88. The summed E-state index contributed by atoms with van der Waals surface area (Å²) in [7, 11) is 0. The van der Waals surface area contributed by atoms with Crippen molar-refractivity contribution in [3.63, 3.8) is 0 Å². The fraction of sp³-hybridized carbons (Fsp3) is 0.462. The third kappa shape index (κ3) is 1.99. The van der Waals surface area contributed by atoms with E-state index in [0.29, 0.717) is 0 Å². The van der Waals surface area contributed by atoms with Gasteiger partial charge >= 0.3 is 0 Å². The molecule has 3 rings (SSSR count). The molecule has 2 heterocycles. The Morgan fingerprint density at radius 3 is 2.71 bits per heavy atom. The van der Waals surface area contributed by atoms with E-state index >= 15 is 0 Å². The molecule has 1 aromatic rings. The number of amidine groups is 1. The molecule has 0 saturated carbocycles. The third-order valence-corrected chi connectivity index (χ3v) is 3.34. The number of anilines is 1. The SMILES string of the molecule is Fc1cc(C2=NCCN2)ccc1N1CCCC1. The Bertz CT molecular complexity index is 450. The number of benzene rings is 1. The molecular formula is C13H16FN3. The molecular weight excluding hydrogens is 217 g/mol. The molecule has 2 aliphatic rings. The van der Waals surface area contributed by atoms with Crippen LogP contribution >= 0.6 is 0 Å². The zero-order valence-electron chi connectivity index (χ0n) is 9.75. The summed E-state index contributed by atoms with van der Waals surface area (Å²) in [5.74, 6) is 0.678.